The Morgan fingerprint density at radius 1 is 1.30 bits per heavy atom. The van der Waals surface area contributed by atoms with E-state index in [-0.39, 0.29) is 6.03 Å². The first-order valence-corrected chi connectivity index (χ1v) is 6.72. The largest absolute Gasteiger partial charge is 0.495 e. The second-order valence-corrected chi connectivity index (χ2v) is 4.95. The predicted octanol–water partition coefficient (Wildman–Crippen LogP) is 3.81. The summed E-state index contributed by atoms with van der Waals surface area (Å²) >= 11 is 3.36. The molecule has 1 aromatic heterocycles. The topological polar surface area (TPSA) is 63.2 Å². The third-order valence-corrected chi connectivity index (χ3v) is 3.47. The van der Waals surface area contributed by atoms with Gasteiger partial charge < -0.3 is 10.1 Å². The number of aromatic nitrogens is 1. The Balaban J connectivity index is 2.07. The molecule has 1 aromatic carbocycles. The van der Waals surface area contributed by atoms with Crippen LogP contribution in [-0.2, 0) is 0 Å². The highest BCUT2D eigenvalue weighted by molar-refractivity contribution is 9.10. The molecular formula is C14H14BrN3O2. The van der Waals surface area contributed by atoms with E-state index in [2.05, 4.69) is 31.5 Å². The SMILES string of the molecule is COc1ccccc1NC(=O)Nc1cc(C)c(Br)cn1. The number of rotatable bonds is 3. The van der Waals surface area contributed by atoms with Gasteiger partial charge in [0.2, 0.25) is 0 Å². The highest BCUT2D eigenvalue weighted by Crippen LogP contribution is 2.23. The van der Waals surface area contributed by atoms with Gasteiger partial charge in [0.1, 0.15) is 11.6 Å². The molecular weight excluding hydrogens is 322 g/mol. The third-order valence-electron chi connectivity index (χ3n) is 2.64. The molecule has 104 valence electrons. The number of nitrogens with zero attached hydrogens (tertiary/aromatic N) is 1. The summed E-state index contributed by atoms with van der Waals surface area (Å²) in [6.07, 6.45) is 1.65. The minimum Gasteiger partial charge on any atom is -0.495 e. The molecule has 0 unspecified atom stereocenters. The van der Waals surface area contributed by atoms with Crippen LogP contribution in [0.1, 0.15) is 5.56 Å². The van der Waals surface area contributed by atoms with Crippen molar-refractivity contribution in [3.8, 4) is 5.75 Å². The lowest BCUT2D eigenvalue weighted by atomic mass is 10.3. The van der Waals surface area contributed by atoms with Crippen molar-refractivity contribution in [3.63, 3.8) is 0 Å². The molecule has 5 nitrogen and oxygen atoms in total. The number of hydrogen-bond donors (Lipinski definition) is 2. The van der Waals surface area contributed by atoms with E-state index < -0.39 is 0 Å². The average molecular weight is 336 g/mol. The summed E-state index contributed by atoms with van der Waals surface area (Å²) in [4.78, 5) is 16.0. The van der Waals surface area contributed by atoms with Gasteiger partial charge in [0.25, 0.3) is 0 Å². The quantitative estimate of drug-likeness (QED) is 0.896. The molecule has 0 saturated carbocycles. The van der Waals surface area contributed by atoms with Crippen LogP contribution >= 0.6 is 15.9 Å². The molecule has 0 aliphatic rings. The summed E-state index contributed by atoms with van der Waals surface area (Å²) in [5, 5.41) is 5.39. The summed E-state index contributed by atoms with van der Waals surface area (Å²) in [7, 11) is 1.55. The number of hydrogen-bond acceptors (Lipinski definition) is 3. The molecule has 2 rings (SSSR count). The van der Waals surface area contributed by atoms with Gasteiger partial charge in [-0.15, -0.1) is 0 Å². The van der Waals surface area contributed by atoms with Crippen LogP contribution in [-0.4, -0.2) is 18.1 Å². The number of benzene rings is 1. The fourth-order valence-electron chi connectivity index (χ4n) is 1.63. The highest BCUT2D eigenvalue weighted by atomic mass is 79.9. The maximum absolute atomic E-state index is 11.9. The van der Waals surface area contributed by atoms with Crippen LogP contribution in [0.4, 0.5) is 16.3 Å². The average Bonchev–Trinajstić information content (AvgIpc) is 2.43. The molecule has 0 spiro atoms. The monoisotopic (exact) mass is 335 g/mol. The number of pyridine rings is 1. The van der Waals surface area contributed by atoms with Gasteiger partial charge in [-0.3, -0.25) is 5.32 Å². The van der Waals surface area contributed by atoms with Crippen molar-refractivity contribution in [2.75, 3.05) is 17.7 Å². The summed E-state index contributed by atoms with van der Waals surface area (Å²) in [6.45, 7) is 1.93. The molecule has 2 N–H and O–H groups in total. The number of nitrogens with one attached hydrogen (secondary N) is 2. The van der Waals surface area contributed by atoms with Crippen LogP contribution in [0.2, 0.25) is 0 Å². The van der Waals surface area contributed by atoms with Gasteiger partial charge in [0.15, 0.2) is 0 Å². The first kappa shape index (κ1) is 14.3. The van der Waals surface area contributed by atoms with E-state index in [4.69, 9.17) is 4.74 Å². The number of anilines is 2. The summed E-state index contributed by atoms with van der Waals surface area (Å²) in [5.74, 6) is 1.08. The first-order chi connectivity index (χ1) is 9.60. The molecule has 0 atom stereocenters. The molecule has 0 aliphatic heterocycles. The van der Waals surface area contributed by atoms with E-state index in [1.807, 2.05) is 19.1 Å². The molecule has 2 aromatic rings. The number of halogens is 1. The molecule has 0 bridgehead atoms. The zero-order valence-corrected chi connectivity index (χ0v) is 12.7. The van der Waals surface area contributed by atoms with Crippen molar-refractivity contribution in [1.82, 2.24) is 4.98 Å². The molecule has 2 amide bonds. The van der Waals surface area contributed by atoms with E-state index in [0.717, 1.165) is 10.0 Å². The van der Waals surface area contributed by atoms with E-state index >= 15 is 0 Å². The molecule has 1 heterocycles. The van der Waals surface area contributed by atoms with E-state index in [1.165, 1.54) is 0 Å². The molecule has 0 saturated heterocycles. The summed E-state index contributed by atoms with van der Waals surface area (Å²) < 4.78 is 6.06. The lowest BCUT2D eigenvalue weighted by Crippen LogP contribution is -2.20. The van der Waals surface area contributed by atoms with Crippen LogP contribution < -0.4 is 15.4 Å². The van der Waals surface area contributed by atoms with Crippen LogP contribution in [0, 0.1) is 6.92 Å². The zero-order valence-electron chi connectivity index (χ0n) is 11.1. The van der Waals surface area contributed by atoms with E-state index in [9.17, 15) is 4.79 Å². The fraction of sp³-hybridized carbons (Fsp3) is 0.143. The maximum atomic E-state index is 11.9. The highest BCUT2D eigenvalue weighted by Gasteiger charge is 2.08. The van der Waals surface area contributed by atoms with Gasteiger partial charge in [-0.25, -0.2) is 9.78 Å². The molecule has 20 heavy (non-hydrogen) atoms. The third kappa shape index (κ3) is 3.48. The second-order valence-electron chi connectivity index (χ2n) is 4.10. The van der Waals surface area contributed by atoms with Gasteiger partial charge in [-0.2, -0.15) is 0 Å². The number of carbonyl (C=O) groups is 1. The predicted molar refractivity (Wildman–Crippen MR) is 82.3 cm³/mol. The number of ether oxygens (including phenoxy) is 1. The van der Waals surface area contributed by atoms with E-state index in [1.54, 1.807) is 31.5 Å². The van der Waals surface area contributed by atoms with Gasteiger partial charge in [-0.05, 0) is 46.6 Å². The number of methoxy groups -OCH3 is 1. The van der Waals surface area contributed by atoms with Crippen LogP contribution in [0.3, 0.4) is 0 Å². The molecule has 6 heteroatoms. The van der Waals surface area contributed by atoms with Crippen LogP contribution in [0.15, 0.2) is 41.0 Å². The maximum Gasteiger partial charge on any atom is 0.324 e. The Morgan fingerprint density at radius 3 is 2.75 bits per heavy atom. The Bertz CT molecular complexity index is 632. The molecule has 0 aliphatic carbocycles. The Labute approximate surface area is 125 Å². The molecule has 0 fully saturated rings. The summed E-state index contributed by atoms with van der Waals surface area (Å²) in [6, 6.07) is 8.60. The van der Waals surface area contributed by atoms with Gasteiger partial charge in [0, 0.05) is 10.7 Å². The van der Waals surface area contributed by atoms with Crippen LogP contribution in [0.5, 0.6) is 5.75 Å². The van der Waals surface area contributed by atoms with Crippen LogP contribution in [0.25, 0.3) is 0 Å². The van der Waals surface area contributed by atoms with Gasteiger partial charge in [-0.1, -0.05) is 12.1 Å². The lowest BCUT2D eigenvalue weighted by Gasteiger charge is -2.11. The van der Waals surface area contributed by atoms with Crippen molar-refractivity contribution < 1.29 is 9.53 Å². The lowest BCUT2D eigenvalue weighted by molar-refractivity contribution is 0.262. The first-order valence-electron chi connectivity index (χ1n) is 5.93. The number of carbonyl (C=O) groups excluding carboxylic acids is 1. The summed E-state index contributed by atoms with van der Waals surface area (Å²) in [5.41, 5.74) is 1.59. The van der Waals surface area contributed by atoms with Crippen molar-refractivity contribution >= 4 is 33.5 Å². The van der Waals surface area contributed by atoms with Gasteiger partial charge >= 0.3 is 6.03 Å². The second kappa shape index (κ2) is 6.38. The normalized spacial score (nSPS) is 9.95. The minimum atomic E-state index is -0.372. The Morgan fingerprint density at radius 2 is 2.05 bits per heavy atom. The van der Waals surface area contributed by atoms with Crippen molar-refractivity contribution in [2.24, 2.45) is 0 Å². The number of amides is 2. The minimum absolute atomic E-state index is 0.372. The Kier molecular flexibility index (Phi) is 4.57. The van der Waals surface area contributed by atoms with Gasteiger partial charge in [0.05, 0.1) is 12.8 Å². The van der Waals surface area contributed by atoms with Crippen molar-refractivity contribution in [1.29, 1.82) is 0 Å². The van der Waals surface area contributed by atoms with E-state index in [0.29, 0.717) is 17.3 Å². The molecule has 0 radical (unpaired) electrons. The number of aryl methyl sites for hydroxylation is 1. The Hall–Kier alpha value is -2.08. The fourth-order valence-corrected chi connectivity index (χ4v) is 1.84. The van der Waals surface area contributed by atoms with Crippen molar-refractivity contribution in [2.45, 2.75) is 6.92 Å². The zero-order chi connectivity index (χ0) is 14.5. The standard InChI is InChI=1S/C14H14BrN3O2/c1-9-7-13(16-8-10(9)15)18-14(19)17-11-5-3-4-6-12(11)20-2/h3-8H,1-2H3,(H2,16,17,18,19). The van der Waals surface area contributed by atoms with Crippen molar-refractivity contribution in [3.05, 3.63) is 46.6 Å². The number of urea groups is 1. The smallest absolute Gasteiger partial charge is 0.324 e. The number of para-hydroxylation sites is 2.